The van der Waals surface area contributed by atoms with Crippen LogP contribution in [0.3, 0.4) is 0 Å². The van der Waals surface area contributed by atoms with E-state index in [0.29, 0.717) is 19.3 Å². The quantitative estimate of drug-likeness (QED) is 0.0262. The van der Waals surface area contributed by atoms with E-state index in [-0.39, 0.29) is 31.1 Å². The van der Waals surface area contributed by atoms with E-state index in [1.165, 1.54) is 212 Å². The summed E-state index contributed by atoms with van der Waals surface area (Å²) in [5, 5.41) is 0. The van der Waals surface area contributed by atoms with Crippen LogP contribution in [0.25, 0.3) is 0 Å². The highest BCUT2D eigenvalue weighted by atomic mass is 16.6. The van der Waals surface area contributed by atoms with Gasteiger partial charge in [0.2, 0.25) is 0 Å². The summed E-state index contributed by atoms with van der Waals surface area (Å²) in [7, 11) is 0. The average molecular weight is 956 g/mol. The van der Waals surface area contributed by atoms with Gasteiger partial charge in [0.05, 0.1) is 0 Å². The summed E-state index contributed by atoms with van der Waals surface area (Å²) >= 11 is 0. The van der Waals surface area contributed by atoms with Crippen molar-refractivity contribution in [1.82, 2.24) is 0 Å². The predicted octanol–water partition coefficient (Wildman–Crippen LogP) is 20.0. The summed E-state index contributed by atoms with van der Waals surface area (Å²) in [4.78, 5) is 38.0. The summed E-state index contributed by atoms with van der Waals surface area (Å²) < 4.78 is 16.8. The molecule has 6 heteroatoms. The topological polar surface area (TPSA) is 78.9 Å². The lowest BCUT2D eigenvalue weighted by molar-refractivity contribution is -0.167. The molecule has 0 aromatic rings. The molecule has 0 N–H and O–H groups in total. The maximum atomic E-state index is 12.8. The minimum absolute atomic E-state index is 0.0688. The molecule has 398 valence electrons. The molecule has 0 saturated carbocycles. The van der Waals surface area contributed by atoms with Gasteiger partial charge in [-0.2, -0.15) is 0 Å². The number of ether oxygens (including phenoxy) is 3. The number of carbonyl (C=O) groups is 3. The van der Waals surface area contributed by atoms with Crippen molar-refractivity contribution in [2.75, 3.05) is 13.2 Å². The molecule has 0 fully saturated rings. The fourth-order valence-corrected chi connectivity index (χ4v) is 8.86. The van der Waals surface area contributed by atoms with Gasteiger partial charge in [-0.15, -0.1) is 0 Å². The number of carbonyl (C=O) groups excluding carboxylic acids is 3. The van der Waals surface area contributed by atoms with Crippen LogP contribution in [0.2, 0.25) is 0 Å². The number of rotatable bonds is 55. The first-order chi connectivity index (χ1) is 33.5. The standard InChI is InChI=1S/C62H114O6/c1-4-7-10-13-16-19-21-23-25-27-28-29-30-31-32-33-34-36-37-39-41-43-46-49-52-55-61(64)67-58-59(57-66-60(63)54-51-48-45-18-15-12-9-6-3)68-62(65)56-53-50-47-44-42-40-38-35-26-24-22-20-17-14-11-8-5-2/h21,23,27-28,30-31,59H,4-20,22,24-26,29,32-58H2,1-3H3/b23-21-,28-27-,31-30-. The van der Waals surface area contributed by atoms with Gasteiger partial charge in [-0.1, -0.05) is 282 Å². The zero-order chi connectivity index (χ0) is 49.3. The molecule has 0 rings (SSSR count). The van der Waals surface area contributed by atoms with Gasteiger partial charge in [-0.25, -0.2) is 0 Å². The van der Waals surface area contributed by atoms with Crippen molar-refractivity contribution in [2.45, 2.75) is 329 Å². The molecule has 1 atom stereocenters. The van der Waals surface area contributed by atoms with Gasteiger partial charge in [0, 0.05) is 19.3 Å². The number of hydrogen-bond acceptors (Lipinski definition) is 6. The first-order valence-corrected chi connectivity index (χ1v) is 30.0. The van der Waals surface area contributed by atoms with Crippen molar-refractivity contribution in [3.05, 3.63) is 36.5 Å². The minimum Gasteiger partial charge on any atom is -0.462 e. The maximum absolute atomic E-state index is 12.8. The third kappa shape index (κ3) is 54.6. The molecular weight excluding hydrogens is 841 g/mol. The van der Waals surface area contributed by atoms with Gasteiger partial charge in [0.25, 0.3) is 0 Å². The molecule has 1 unspecified atom stereocenters. The monoisotopic (exact) mass is 955 g/mol. The van der Waals surface area contributed by atoms with Gasteiger partial charge in [-0.05, 0) is 57.8 Å². The lowest BCUT2D eigenvalue weighted by Crippen LogP contribution is -2.30. The molecule has 0 aromatic carbocycles. The second-order valence-electron chi connectivity index (χ2n) is 20.3. The third-order valence-electron chi connectivity index (χ3n) is 13.4. The third-order valence-corrected chi connectivity index (χ3v) is 13.4. The predicted molar refractivity (Wildman–Crippen MR) is 293 cm³/mol. The van der Waals surface area contributed by atoms with Crippen LogP contribution in [0, 0.1) is 0 Å². The van der Waals surface area contributed by atoms with E-state index in [9.17, 15) is 14.4 Å². The Morgan fingerprint density at radius 2 is 0.529 bits per heavy atom. The molecule has 0 spiro atoms. The van der Waals surface area contributed by atoms with Crippen molar-refractivity contribution < 1.29 is 28.6 Å². The van der Waals surface area contributed by atoms with Crippen LogP contribution in [0.1, 0.15) is 323 Å². The van der Waals surface area contributed by atoms with Crippen molar-refractivity contribution in [2.24, 2.45) is 0 Å². The van der Waals surface area contributed by atoms with Crippen LogP contribution in [0.5, 0.6) is 0 Å². The molecule has 0 bridgehead atoms. The van der Waals surface area contributed by atoms with Crippen LogP contribution in [-0.2, 0) is 28.6 Å². The van der Waals surface area contributed by atoms with Gasteiger partial charge >= 0.3 is 17.9 Å². The molecule has 0 amide bonds. The van der Waals surface area contributed by atoms with Crippen molar-refractivity contribution in [1.29, 1.82) is 0 Å². The van der Waals surface area contributed by atoms with Crippen molar-refractivity contribution in [3.8, 4) is 0 Å². The lowest BCUT2D eigenvalue weighted by atomic mass is 10.0. The fraction of sp³-hybridized carbons (Fsp3) is 0.855. The largest absolute Gasteiger partial charge is 0.462 e. The van der Waals surface area contributed by atoms with E-state index >= 15 is 0 Å². The summed E-state index contributed by atoms with van der Waals surface area (Å²) in [6, 6.07) is 0. The van der Waals surface area contributed by atoms with Crippen LogP contribution in [-0.4, -0.2) is 37.2 Å². The fourth-order valence-electron chi connectivity index (χ4n) is 8.86. The van der Waals surface area contributed by atoms with E-state index in [1.807, 2.05) is 0 Å². The molecule has 0 aliphatic heterocycles. The Balaban J connectivity index is 4.16. The van der Waals surface area contributed by atoms with Gasteiger partial charge in [-0.3, -0.25) is 14.4 Å². The molecule has 6 nitrogen and oxygen atoms in total. The van der Waals surface area contributed by atoms with E-state index in [2.05, 4.69) is 57.2 Å². The zero-order valence-electron chi connectivity index (χ0n) is 45.6. The lowest BCUT2D eigenvalue weighted by Gasteiger charge is -2.18. The Bertz CT molecular complexity index is 1140. The highest BCUT2D eigenvalue weighted by molar-refractivity contribution is 5.71. The maximum Gasteiger partial charge on any atom is 0.306 e. The summed E-state index contributed by atoms with van der Waals surface area (Å²) in [5.74, 6) is -0.858. The normalized spacial score (nSPS) is 12.2. The van der Waals surface area contributed by atoms with Crippen LogP contribution >= 0.6 is 0 Å². The van der Waals surface area contributed by atoms with E-state index in [1.54, 1.807) is 0 Å². The molecule has 0 aromatic heterocycles. The Hall–Kier alpha value is -2.37. The number of unbranched alkanes of at least 4 members (excludes halogenated alkanes) is 38. The molecule has 0 aliphatic rings. The minimum atomic E-state index is -0.768. The Kier molecular flexibility index (Phi) is 55.2. The highest BCUT2D eigenvalue weighted by Crippen LogP contribution is 2.17. The van der Waals surface area contributed by atoms with E-state index < -0.39 is 6.10 Å². The first-order valence-electron chi connectivity index (χ1n) is 30.0. The second-order valence-corrected chi connectivity index (χ2v) is 20.3. The smallest absolute Gasteiger partial charge is 0.306 e. The molecule has 0 heterocycles. The summed E-state index contributed by atoms with van der Waals surface area (Å²) in [5.41, 5.74) is 0. The van der Waals surface area contributed by atoms with E-state index in [0.717, 1.165) is 70.6 Å². The van der Waals surface area contributed by atoms with Gasteiger partial charge in [0.1, 0.15) is 13.2 Å². The van der Waals surface area contributed by atoms with Crippen molar-refractivity contribution >= 4 is 17.9 Å². The van der Waals surface area contributed by atoms with Crippen LogP contribution in [0.4, 0.5) is 0 Å². The van der Waals surface area contributed by atoms with Crippen LogP contribution < -0.4 is 0 Å². The van der Waals surface area contributed by atoms with Gasteiger partial charge < -0.3 is 14.2 Å². The Morgan fingerprint density at radius 1 is 0.294 bits per heavy atom. The van der Waals surface area contributed by atoms with E-state index in [4.69, 9.17) is 14.2 Å². The average Bonchev–Trinajstić information content (AvgIpc) is 3.34. The molecular formula is C62H114O6. The summed E-state index contributed by atoms with van der Waals surface area (Å²) in [6.07, 6.45) is 68.7. The molecule has 0 radical (unpaired) electrons. The SMILES string of the molecule is CCCCCCC/C=C\C/C=C\C/C=C\CCCCCCCCCCCCC(=O)OCC(COC(=O)CCCCCCCCCC)OC(=O)CCCCCCCCCCCCCCCCCCC. The number of allylic oxidation sites excluding steroid dienone is 6. The Morgan fingerprint density at radius 3 is 0.824 bits per heavy atom. The highest BCUT2D eigenvalue weighted by Gasteiger charge is 2.19. The van der Waals surface area contributed by atoms with Crippen LogP contribution in [0.15, 0.2) is 36.5 Å². The molecule has 0 aliphatic carbocycles. The first kappa shape index (κ1) is 65.6. The molecule has 0 saturated heterocycles. The Labute approximate surface area is 423 Å². The second kappa shape index (κ2) is 57.2. The number of hydrogen-bond donors (Lipinski definition) is 0. The van der Waals surface area contributed by atoms with Crippen molar-refractivity contribution in [3.63, 3.8) is 0 Å². The van der Waals surface area contributed by atoms with Gasteiger partial charge in [0.15, 0.2) is 6.10 Å². The number of esters is 3. The zero-order valence-corrected chi connectivity index (χ0v) is 45.6. The summed E-state index contributed by atoms with van der Waals surface area (Å²) in [6.45, 7) is 6.64. The molecule has 68 heavy (non-hydrogen) atoms.